The van der Waals surface area contributed by atoms with E-state index >= 15 is 0 Å². The van der Waals surface area contributed by atoms with Crippen LogP contribution in [0.1, 0.15) is 11.4 Å². The number of alkyl halides is 1. The third-order valence-electron chi connectivity index (χ3n) is 2.34. The van der Waals surface area contributed by atoms with Crippen LogP contribution in [0.2, 0.25) is 5.02 Å². The summed E-state index contributed by atoms with van der Waals surface area (Å²) >= 11 is 9.55. The summed E-state index contributed by atoms with van der Waals surface area (Å²) in [5.41, 5.74) is 1.01. The van der Waals surface area contributed by atoms with E-state index in [0.717, 1.165) is 5.56 Å². The zero-order chi connectivity index (χ0) is 13.8. The molecule has 0 aliphatic rings. The molecular formula is C11H12BrClN4O2. The van der Waals surface area contributed by atoms with Crippen LogP contribution in [0.3, 0.4) is 0 Å². The van der Waals surface area contributed by atoms with Crippen molar-refractivity contribution in [2.75, 3.05) is 7.11 Å². The topological polar surface area (TPSA) is 62.1 Å². The molecule has 0 amide bonds. The van der Waals surface area contributed by atoms with E-state index in [1.54, 1.807) is 14.2 Å². The minimum Gasteiger partial charge on any atom is -0.493 e. The molecule has 0 aliphatic carbocycles. The predicted molar refractivity (Wildman–Crippen MR) is 73.8 cm³/mol. The summed E-state index contributed by atoms with van der Waals surface area (Å²) in [5, 5.41) is 12.8. The minimum absolute atomic E-state index is 0.178. The SMILES string of the molecule is COc1cc(CBr)cc(Cl)c1OCc1nnn(C)n1. The molecule has 0 bridgehead atoms. The highest BCUT2D eigenvalue weighted by Gasteiger charge is 2.13. The Morgan fingerprint density at radius 2 is 2.21 bits per heavy atom. The Morgan fingerprint density at radius 3 is 2.79 bits per heavy atom. The fourth-order valence-corrected chi connectivity index (χ4v) is 2.12. The van der Waals surface area contributed by atoms with Gasteiger partial charge < -0.3 is 9.47 Å². The molecule has 8 heteroatoms. The third kappa shape index (κ3) is 3.36. The molecule has 0 saturated heterocycles. The lowest BCUT2D eigenvalue weighted by atomic mass is 10.2. The number of hydrogen-bond acceptors (Lipinski definition) is 5. The van der Waals surface area contributed by atoms with Gasteiger partial charge in [-0.25, -0.2) is 0 Å². The molecule has 0 N–H and O–H groups in total. The molecule has 6 nitrogen and oxygen atoms in total. The molecule has 19 heavy (non-hydrogen) atoms. The van der Waals surface area contributed by atoms with Gasteiger partial charge in [-0.1, -0.05) is 27.5 Å². The second-order valence-corrected chi connectivity index (χ2v) is 4.69. The van der Waals surface area contributed by atoms with Crippen molar-refractivity contribution in [3.63, 3.8) is 0 Å². The van der Waals surface area contributed by atoms with Gasteiger partial charge in [-0.3, -0.25) is 0 Å². The maximum absolute atomic E-state index is 6.18. The molecule has 0 saturated carbocycles. The van der Waals surface area contributed by atoms with Crippen molar-refractivity contribution in [3.8, 4) is 11.5 Å². The predicted octanol–water partition coefficient (Wildman–Crippen LogP) is 2.35. The van der Waals surface area contributed by atoms with Crippen LogP contribution in [0.15, 0.2) is 12.1 Å². The van der Waals surface area contributed by atoms with Crippen molar-refractivity contribution in [2.45, 2.75) is 11.9 Å². The maximum Gasteiger partial charge on any atom is 0.212 e. The Bertz CT molecular complexity index is 576. The maximum atomic E-state index is 6.18. The van der Waals surface area contributed by atoms with Crippen molar-refractivity contribution < 1.29 is 9.47 Å². The number of benzene rings is 1. The molecule has 2 aromatic rings. The third-order valence-corrected chi connectivity index (χ3v) is 3.27. The molecule has 0 fully saturated rings. The van der Waals surface area contributed by atoms with Crippen LogP contribution in [0, 0.1) is 0 Å². The van der Waals surface area contributed by atoms with Gasteiger partial charge in [-0.15, -0.1) is 10.2 Å². The van der Waals surface area contributed by atoms with Gasteiger partial charge in [0.2, 0.25) is 5.82 Å². The average Bonchev–Trinajstić information content (AvgIpc) is 2.82. The number of hydrogen-bond donors (Lipinski definition) is 0. The lowest BCUT2D eigenvalue weighted by molar-refractivity contribution is 0.276. The first-order chi connectivity index (χ1) is 9.13. The van der Waals surface area contributed by atoms with Gasteiger partial charge in [-0.2, -0.15) is 4.80 Å². The van der Waals surface area contributed by atoms with Crippen molar-refractivity contribution in [2.24, 2.45) is 7.05 Å². The summed E-state index contributed by atoms with van der Waals surface area (Å²) in [6, 6.07) is 3.68. The zero-order valence-electron chi connectivity index (χ0n) is 10.4. The molecule has 0 unspecified atom stereocenters. The van der Waals surface area contributed by atoms with Crippen LogP contribution in [0.25, 0.3) is 0 Å². The summed E-state index contributed by atoms with van der Waals surface area (Å²) in [6.45, 7) is 0.178. The standard InChI is InChI=1S/C11H12BrClN4O2/c1-17-15-10(14-16-17)6-19-11-8(13)3-7(5-12)4-9(11)18-2/h3-4H,5-6H2,1-2H3. The molecule has 1 aromatic carbocycles. The first kappa shape index (κ1) is 14.1. The van der Waals surface area contributed by atoms with Gasteiger partial charge in [0.15, 0.2) is 18.1 Å². The number of halogens is 2. The lowest BCUT2D eigenvalue weighted by Crippen LogP contribution is -2.01. The average molecular weight is 348 g/mol. The van der Waals surface area contributed by atoms with Gasteiger partial charge >= 0.3 is 0 Å². The van der Waals surface area contributed by atoms with Gasteiger partial charge in [0.25, 0.3) is 0 Å². The molecule has 1 heterocycles. The Balaban J connectivity index is 2.19. The minimum atomic E-state index is 0.178. The van der Waals surface area contributed by atoms with Gasteiger partial charge in [0.05, 0.1) is 19.2 Å². The van der Waals surface area contributed by atoms with Crippen LogP contribution in [0.5, 0.6) is 11.5 Å². The zero-order valence-corrected chi connectivity index (χ0v) is 12.8. The summed E-state index contributed by atoms with van der Waals surface area (Å²) in [4.78, 5) is 1.37. The van der Waals surface area contributed by atoms with Crippen molar-refractivity contribution in [1.29, 1.82) is 0 Å². The fraction of sp³-hybridized carbons (Fsp3) is 0.364. The molecule has 1 aromatic heterocycles. The van der Waals surface area contributed by atoms with E-state index in [1.807, 2.05) is 12.1 Å². The Labute approximate surface area is 123 Å². The van der Waals surface area contributed by atoms with Gasteiger partial charge in [-0.05, 0) is 22.9 Å². The smallest absolute Gasteiger partial charge is 0.212 e. The molecular weight excluding hydrogens is 336 g/mol. The van der Waals surface area contributed by atoms with E-state index in [9.17, 15) is 0 Å². The highest BCUT2D eigenvalue weighted by atomic mass is 79.9. The van der Waals surface area contributed by atoms with E-state index in [2.05, 4.69) is 31.3 Å². The molecule has 2 rings (SSSR count). The highest BCUT2D eigenvalue weighted by Crippen LogP contribution is 2.37. The number of rotatable bonds is 5. The Morgan fingerprint density at radius 1 is 1.42 bits per heavy atom. The fourth-order valence-electron chi connectivity index (χ4n) is 1.51. The van der Waals surface area contributed by atoms with E-state index in [-0.39, 0.29) is 6.61 Å². The number of aryl methyl sites for hydroxylation is 1. The molecule has 0 aliphatic heterocycles. The largest absolute Gasteiger partial charge is 0.493 e. The number of ether oxygens (including phenoxy) is 2. The molecule has 0 spiro atoms. The summed E-state index contributed by atoms with van der Waals surface area (Å²) < 4.78 is 10.9. The summed E-state index contributed by atoms with van der Waals surface area (Å²) in [6.07, 6.45) is 0. The normalized spacial score (nSPS) is 10.5. The van der Waals surface area contributed by atoms with Crippen molar-refractivity contribution in [3.05, 3.63) is 28.5 Å². The van der Waals surface area contributed by atoms with Crippen LogP contribution in [-0.4, -0.2) is 27.3 Å². The molecule has 0 atom stereocenters. The second kappa shape index (κ2) is 6.21. The van der Waals surface area contributed by atoms with Gasteiger partial charge in [0.1, 0.15) is 0 Å². The Hall–Kier alpha value is -1.34. The lowest BCUT2D eigenvalue weighted by Gasteiger charge is -2.12. The first-order valence-corrected chi connectivity index (χ1v) is 6.92. The number of methoxy groups -OCH3 is 1. The van der Waals surface area contributed by atoms with Gasteiger partial charge in [0, 0.05) is 5.33 Å². The quantitative estimate of drug-likeness (QED) is 0.777. The van der Waals surface area contributed by atoms with E-state index in [0.29, 0.717) is 27.7 Å². The number of tetrazole rings is 1. The van der Waals surface area contributed by atoms with Crippen molar-refractivity contribution in [1.82, 2.24) is 20.2 Å². The number of nitrogens with zero attached hydrogens (tertiary/aromatic N) is 4. The highest BCUT2D eigenvalue weighted by molar-refractivity contribution is 9.08. The monoisotopic (exact) mass is 346 g/mol. The van der Waals surface area contributed by atoms with E-state index in [4.69, 9.17) is 21.1 Å². The Kier molecular flexibility index (Phi) is 4.60. The van der Waals surface area contributed by atoms with Crippen LogP contribution in [-0.2, 0) is 19.0 Å². The van der Waals surface area contributed by atoms with Crippen LogP contribution >= 0.6 is 27.5 Å². The van der Waals surface area contributed by atoms with Crippen molar-refractivity contribution >= 4 is 27.5 Å². The molecule has 102 valence electrons. The number of aromatic nitrogens is 4. The first-order valence-electron chi connectivity index (χ1n) is 5.42. The summed E-state index contributed by atoms with van der Waals surface area (Å²) in [7, 11) is 3.26. The summed E-state index contributed by atoms with van der Waals surface area (Å²) in [5.74, 6) is 1.53. The van der Waals surface area contributed by atoms with Crippen LogP contribution < -0.4 is 9.47 Å². The van der Waals surface area contributed by atoms with Crippen LogP contribution in [0.4, 0.5) is 0 Å². The molecule has 0 radical (unpaired) electrons. The van der Waals surface area contributed by atoms with E-state index in [1.165, 1.54) is 4.80 Å². The van der Waals surface area contributed by atoms with E-state index < -0.39 is 0 Å². The second-order valence-electron chi connectivity index (χ2n) is 3.73.